The Balaban J connectivity index is 1.72. The molecule has 1 amide bonds. The number of fused-ring (bicyclic) bond motifs is 1. The highest BCUT2D eigenvalue weighted by Gasteiger charge is 2.26. The second-order valence-electron chi connectivity index (χ2n) is 7.12. The van der Waals surface area contributed by atoms with Crippen molar-refractivity contribution in [2.45, 2.75) is 38.8 Å². The maximum Gasteiger partial charge on any atom is 0.256 e. The summed E-state index contributed by atoms with van der Waals surface area (Å²) in [5.41, 5.74) is 1.09. The molecule has 3 N–H and O–H groups in total. The first-order chi connectivity index (χ1) is 13.9. The van der Waals surface area contributed by atoms with E-state index in [1.54, 1.807) is 17.6 Å². The molecule has 1 aliphatic rings. The SMILES string of the molecule is CNc1cc(Nc2cc(F)cnc2OC(C)C)nc2c(C(=O)NC3CC3)cnn12. The van der Waals surface area contributed by atoms with E-state index in [9.17, 15) is 9.18 Å². The second kappa shape index (κ2) is 7.53. The summed E-state index contributed by atoms with van der Waals surface area (Å²) >= 11 is 0. The largest absolute Gasteiger partial charge is 0.473 e. The molecule has 0 unspecified atom stereocenters. The van der Waals surface area contributed by atoms with Crippen molar-refractivity contribution in [3.63, 3.8) is 0 Å². The van der Waals surface area contributed by atoms with Gasteiger partial charge in [0.25, 0.3) is 5.91 Å². The molecule has 29 heavy (non-hydrogen) atoms. The van der Waals surface area contributed by atoms with Crippen LogP contribution in [0.2, 0.25) is 0 Å². The van der Waals surface area contributed by atoms with Crippen molar-refractivity contribution >= 4 is 28.9 Å². The van der Waals surface area contributed by atoms with Crippen molar-refractivity contribution < 1.29 is 13.9 Å². The van der Waals surface area contributed by atoms with Gasteiger partial charge in [-0.25, -0.2) is 14.4 Å². The highest BCUT2D eigenvalue weighted by molar-refractivity contribution is 6.00. The van der Waals surface area contributed by atoms with E-state index < -0.39 is 5.82 Å². The Morgan fingerprint density at radius 2 is 2.10 bits per heavy atom. The predicted molar refractivity (Wildman–Crippen MR) is 106 cm³/mol. The van der Waals surface area contributed by atoms with Crippen molar-refractivity contribution in [3.05, 3.63) is 35.9 Å². The molecule has 4 rings (SSSR count). The van der Waals surface area contributed by atoms with E-state index in [0.717, 1.165) is 19.0 Å². The van der Waals surface area contributed by atoms with Gasteiger partial charge >= 0.3 is 0 Å². The molecule has 10 heteroatoms. The number of anilines is 3. The number of halogens is 1. The summed E-state index contributed by atoms with van der Waals surface area (Å²) in [6.45, 7) is 3.71. The van der Waals surface area contributed by atoms with Crippen LogP contribution in [0, 0.1) is 5.82 Å². The van der Waals surface area contributed by atoms with Crippen LogP contribution in [0.4, 0.5) is 21.7 Å². The quantitative estimate of drug-likeness (QED) is 0.561. The lowest BCUT2D eigenvalue weighted by atomic mass is 10.3. The lowest BCUT2D eigenvalue weighted by Crippen LogP contribution is -2.25. The van der Waals surface area contributed by atoms with Crippen LogP contribution in [0.5, 0.6) is 5.88 Å². The number of nitrogens with zero attached hydrogens (tertiary/aromatic N) is 4. The Bertz CT molecular complexity index is 1060. The Kier molecular flexibility index (Phi) is 4.91. The normalized spacial score (nSPS) is 13.6. The molecule has 3 aromatic rings. The smallest absolute Gasteiger partial charge is 0.256 e. The zero-order chi connectivity index (χ0) is 20.5. The maximum atomic E-state index is 13.8. The second-order valence-corrected chi connectivity index (χ2v) is 7.12. The molecule has 0 radical (unpaired) electrons. The van der Waals surface area contributed by atoms with Gasteiger partial charge in [0.2, 0.25) is 5.88 Å². The number of aromatic nitrogens is 4. The molecule has 0 spiro atoms. The number of amides is 1. The van der Waals surface area contributed by atoms with E-state index in [-0.39, 0.29) is 23.9 Å². The lowest BCUT2D eigenvalue weighted by Gasteiger charge is -2.15. The Hall–Kier alpha value is -3.43. The van der Waals surface area contributed by atoms with Crippen molar-refractivity contribution in [3.8, 4) is 5.88 Å². The molecule has 0 atom stereocenters. The number of pyridine rings is 1. The van der Waals surface area contributed by atoms with Gasteiger partial charge in [-0.3, -0.25) is 4.79 Å². The molecule has 3 aromatic heterocycles. The average molecular weight is 399 g/mol. The van der Waals surface area contributed by atoms with Crippen molar-refractivity contribution in [2.75, 3.05) is 17.7 Å². The zero-order valence-corrected chi connectivity index (χ0v) is 16.4. The number of hydrogen-bond donors (Lipinski definition) is 3. The lowest BCUT2D eigenvalue weighted by molar-refractivity contribution is 0.0952. The number of hydrogen-bond acceptors (Lipinski definition) is 7. The number of nitrogens with one attached hydrogen (secondary N) is 3. The number of carbonyl (C=O) groups is 1. The summed E-state index contributed by atoms with van der Waals surface area (Å²) in [4.78, 5) is 21.1. The summed E-state index contributed by atoms with van der Waals surface area (Å²) in [6, 6.07) is 3.20. The minimum Gasteiger partial charge on any atom is -0.473 e. The average Bonchev–Trinajstić information content (AvgIpc) is 3.38. The first kappa shape index (κ1) is 18.9. The summed E-state index contributed by atoms with van der Waals surface area (Å²) in [7, 11) is 1.74. The van der Waals surface area contributed by atoms with Gasteiger partial charge in [-0.2, -0.15) is 9.61 Å². The fourth-order valence-corrected chi connectivity index (χ4v) is 2.83. The van der Waals surface area contributed by atoms with E-state index in [1.807, 2.05) is 13.8 Å². The molecule has 3 heterocycles. The van der Waals surface area contributed by atoms with Crippen molar-refractivity contribution in [1.82, 2.24) is 24.9 Å². The fourth-order valence-electron chi connectivity index (χ4n) is 2.83. The van der Waals surface area contributed by atoms with E-state index in [4.69, 9.17) is 4.74 Å². The van der Waals surface area contributed by atoms with Gasteiger partial charge in [-0.15, -0.1) is 0 Å². The van der Waals surface area contributed by atoms with Crippen LogP contribution in [0.1, 0.15) is 37.0 Å². The van der Waals surface area contributed by atoms with E-state index >= 15 is 0 Å². The van der Waals surface area contributed by atoms with Crippen LogP contribution < -0.4 is 20.7 Å². The Morgan fingerprint density at radius 1 is 1.31 bits per heavy atom. The third-order valence-corrected chi connectivity index (χ3v) is 4.31. The topological polar surface area (TPSA) is 105 Å². The molecule has 0 aromatic carbocycles. The highest BCUT2D eigenvalue weighted by atomic mass is 19.1. The van der Waals surface area contributed by atoms with Crippen LogP contribution in [-0.2, 0) is 0 Å². The molecule has 0 bridgehead atoms. The summed E-state index contributed by atoms with van der Waals surface area (Å²) in [5, 5.41) is 13.3. The Labute approximate surface area is 166 Å². The predicted octanol–water partition coefficient (Wildman–Crippen LogP) is 2.73. The minimum absolute atomic E-state index is 0.135. The number of ether oxygens (including phenoxy) is 1. The number of carbonyl (C=O) groups excluding carboxylic acids is 1. The molecule has 1 aliphatic carbocycles. The van der Waals surface area contributed by atoms with Crippen molar-refractivity contribution in [2.24, 2.45) is 0 Å². The molecular weight excluding hydrogens is 377 g/mol. The van der Waals surface area contributed by atoms with Gasteiger partial charge in [0.05, 0.1) is 18.5 Å². The zero-order valence-electron chi connectivity index (χ0n) is 16.4. The van der Waals surface area contributed by atoms with E-state index in [2.05, 4.69) is 31.0 Å². The summed E-state index contributed by atoms with van der Waals surface area (Å²) < 4.78 is 21.0. The molecule has 152 valence electrons. The third-order valence-electron chi connectivity index (χ3n) is 4.31. The first-order valence-corrected chi connectivity index (χ1v) is 9.41. The molecule has 0 saturated heterocycles. The maximum absolute atomic E-state index is 13.8. The summed E-state index contributed by atoms with van der Waals surface area (Å²) in [6.07, 6.45) is 4.41. The molecular formula is C19H22FN7O2. The highest BCUT2D eigenvalue weighted by Crippen LogP contribution is 2.28. The van der Waals surface area contributed by atoms with Gasteiger partial charge in [-0.05, 0) is 26.7 Å². The monoisotopic (exact) mass is 399 g/mol. The first-order valence-electron chi connectivity index (χ1n) is 9.41. The van der Waals surface area contributed by atoms with Crippen LogP contribution in [-0.4, -0.2) is 44.7 Å². The molecule has 1 fully saturated rings. The van der Waals surface area contributed by atoms with Crippen molar-refractivity contribution in [1.29, 1.82) is 0 Å². The molecule has 1 saturated carbocycles. The molecule has 0 aliphatic heterocycles. The van der Waals surface area contributed by atoms with Crippen LogP contribution >= 0.6 is 0 Å². The Morgan fingerprint density at radius 3 is 2.79 bits per heavy atom. The molecule has 9 nitrogen and oxygen atoms in total. The van der Waals surface area contributed by atoms with Crippen LogP contribution in [0.25, 0.3) is 5.65 Å². The van der Waals surface area contributed by atoms with E-state index in [0.29, 0.717) is 28.5 Å². The van der Waals surface area contributed by atoms with Crippen LogP contribution in [0.3, 0.4) is 0 Å². The van der Waals surface area contributed by atoms with E-state index in [1.165, 1.54) is 12.3 Å². The number of rotatable bonds is 7. The van der Waals surface area contributed by atoms with Gasteiger partial charge in [-0.1, -0.05) is 0 Å². The summed E-state index contributed by atoms with van der Waals surface area (Å²) in [5.74, 6) is 0.537. The van der Waals surface area contributed by atoms with Crippen LogP contribution in [0.15, 0.2) is 24.5 Å². The van der Waals surface area contributed by atoms with Gasteiger partial charge in [0.15, 0.2) is 5.65 Å². The minimum atomic E-state index is -0.507. The fraction of sp³-hybridized carbons (Fsp3) is 0.368. The third kappa shape index (κ3) is 4.05. The standard InChI is InChI=1S/C19H22FN7O2/c1-10(2)29-19-14(6-11(20)8-22-19)25-15-7-16(21-3)27-17(26-15)13(9-23-27)18(28)24-12-4-5-12/h6-10,12,21H,4-5H2,1-3H3,(H,24,28)(H,25,26). The van der Waals surface area contributed by atoms with Gasteiger partial charge in [0, 0.05) is 25.2 Å². The van der Waals surface area contributed by atoms with Gasteiger partial charge < -0.3 is 20.7 Å². The van der Waals surface area contributed by atoms with Gasteiger partial charge in [0.1, 0.15) is 28.7 Å².